The van der Waals surface area contributed by atoms with E-state index in [1.807, 2.05) is 0 Å². The van der Waals surface area contributed by atoms with Gasteiger partial charge in [0.25, 0.3) is 0 Å². The molecule has 2 rings (SSSR count). The van der Waals surface area contributed by atoms with Crippen molar-refractivity contribution in [2.24, 2.45) is 0 Å². The molecule has 18 heavy (non-hydrogen) atoms. The Balaban J connectivity index is 1.92. The first-order valence-electron chi connectivity index (χ1n) is 6.44. The highest BCUT2D eigenvalue weighted by molar-refractivity contribution is 5.89. The Hall–Kier alpha value is -1.62. The number of nitrogens with one attached hydrogen (secondary N) is 1. The van der Waals surface area contributed by atoms with Crippen LogP contribution in [0.2, 0.25) is 0 Å². The second-order valence-electron chi connectivity index (χ2n) is 4.31. The van der Waals surface area contributed by atoms with Gasteiger partial charge in [0.1, 0.15) is 5.82 Å². The van der Waals surface area contributed by atoms with Gasteiger partial charge in [-0.1, -0.05) is 6.42 Å². The van der Waals surface area contributed by atoms with E-state index in [0.717, 1.165) is 18.9 Å². The third-order valence-electron chi connectivity index (χ3n) is 2.90. The lowest BCUT2D eigenvalue weighted by Crippen LogP contribution is -2.35. The summed E-state index contributed by atoms with van der Waals surface area (Å²) in [6.07, 6.45) is 5.28. The molecular formula is C13H19N3O2. The Labute approximate surface area is 107 Å². The van der Waals surface area contributed by atoms with Crippen LogP contribution in [0.5, 0.6) is 0 Å². The van der Waals surface area contributed by atoms with E-state index in [4.69, 9.17) is 4.74 Å². The molecule has 0 saturated carbocycles. The summed E-state index contributed by atoms with van der Waals surface area (Å²) >= 11 is 0. The lowest BCUT2D eigenvalue weighted by Gasteiger charge is -2.27. The lowest BCUT2D eigenvalue weighted by molar-refractivity contribution is 0.0526. The summed E-state index contributed by atoms with van der Waals surface area (Å²) in [5.74, 6) is 0.444. The van der Waals surface area contributed by atoms with Crippen LogP contribution in [-0.2, 0) is 4.74 Å². The number of rotatable bonds is 4. The third-order valence-corrected chi connectivity index (χ3v) is 2.90. The number of anilines is 1. The molecule has 5 heteroatoms. The van der Waals surface area contributed by atoms with E-state index < -0.39 is 0 Å². The van der Waals surface area contributed by atoms with Crippen LogP contribution >= 0.6 is 0 Å². The van der Waals surface area contributed by atoms with Crippen molar-refractivity contribution in [3.05, 3.63) is 23.9 Å². The molecule has 1 aromatic rings. The highest BCUT2D eigenvalue weighted by Crippen LogP contribution is 2.12. The van der Waals surface area contributed by atoms with Gasteiger partial charge in [-0.3, -0.25) is 0 Å². The van der Waals surface area contributed by atoms with Crippen LogP contribution in [0, 0.1) is 0 Å². The van der Waals surface area contributed by atoms with Gasteiger partial charge in [0.2, 0.25) is 0 Å². The fraction of sp³-hybridized carbons (Fsp3) is 0.538. The SMILES string of the molecule is CCOC(=O)c1ccc(NN2CCCCC2)nc1. The number of carbonyl (C=O) groups excluding carboxylic acids is 1. The van der Waals surface area contributed by atoms with Crippen molar-refractivity contribution < 1.29 is 9.53 Å². The molecule has 0 aromatic carbocycles. The summed E-state index contributed by atoms with van der Waals surface area (Å²) in [5, 5.41) is 2.16. The lowest BCUT2D eigenvalue weighted by atomic mass is 10.2. The molecule has 0 bridgehead atoms. The first-order chi connectivity index (χ1) is 8.79. The highest BCUT2D eigenvalue weighted by Gasteiger charge is 2.11. The predicted molar refractivity (Wildman–Crippen MR) is 69.2 cm³/mol. The van der Waals surface area contributed by atoms with Gasteiger partial charge in [0.05, 0.1) is 12.2 Å². The Bertz CT molecular complexity index is 386. The molecule has 0 aliphatic carbocycles. The Kier molecular flexibility index (Phi) is 4.52. The van der Waals surface area contributed by atoms with Crippen molar-refractivity contribution in [1.82, 2.24) is 9.99 Å². The number of carbonyl (C=O) groups is 1. The van der Waals surface area contributed by atoms with E-state index >= 15 is 0 Å². The van der Waals surface area contributed by atoms with Gasteiger partial charge in [-0.15, -0.1) is 0 Å². The summed E-state index contributed by atoms with van der Waals surface area (Å²) in [5.41, 5.74) is 3.74. The van der Waals surface area contributed by atoms with E-state index in [0.29, 0.717) is 12.2 Å². The van der Waals surface area contributed by atoms with Gasteiger partial charge < -0.3 is 10.2 Å². The summed E-state index contributed by atoms with van der Waals surface area (Å²) in [4.78, 5) is 15.7. The van der Waals surface area contributed by atoms with E-state index in [1.165, 1.54) is 19.3 Å². The molecule has 1 fully saturated rings. The molecule has 0 amide bonds. The molecule has 2 heterocycles. The van der Waals surface area contributed by atoms with Crippen molar-refractivity contribution in [2.75, 3.05) is 25.1 Å². The molecule has 1 aromatic heterocycles. The molecule has 1 aliphatic heterocycles. The van der Waals surface area contributed by atoms with Gasteiger partial charge in [0, 0.05) is 19.3 Å². The largest absolute Gasteiger partial charge is 0.462 e. The number of piperidine rings is 1. The summed E-state index contributed by atoms with van der Waals surface area (Å²) < 4.78 is 4.91. The first kappa shape index (κ1) is 12.8. The quantitative estimate of drug-likeness (QED) is 0.828. The van der Waals surface area contributed by atoms with E-state index in [-0.39, 0.29) is 5.97 Å². The smallest absolute Gasteiger partial charge is 0.339 e. The molecule has 0 spiro atoms. The minimum atomic E-state index is -0.325. The van der Waals surface area contributed by atoms with Crippen molar-refractivity contribution in [2.45, 2.75) is 26.2 Å². The van der Waals surface area contributed by atoms with Crippen LogP contribution < -0.4 is 5.43 Å². The van der Waals surface area contributed by atoms with Gasteiger partial charge in [0.15, 0.2) is 0 Å². The monoisotopic (exact) mass is 249 g/mol. The van der Waals surface area contributed by atoms with Crippen LogP contribution in [0.1, 0.15) is 36.5 Å². The Morgan fingerprint density at radius 2 is 2.17 bits per heavy atom. The summed E-state index contributed by atoms with van der Waals surface area (Å²) in [6, 6.07) is 3.54. The number of ether oxygens (including phenoxy) is 1. The predicted octanol–water partition coefficient (Wildman–Crippen LogP) is 2.07. The molecule has 0 atom stereocenters. The minimum absolute atomic E-state index is 0.325. The fourth-order valence-corrected chi connectivity index (χ4v) is 1.96. The normalized spacial score (nSPS) is 16.3. The zero-order valence-corrected chi connectivity index (χ0v) is 10.7. The maximum absolute atomic E-state index is 11.5. The average molecular weight is 249 g/mol. The zero-order chi connectivity index (χ0) is 12.8. The number of hydrogen-bond acceptors (Lipinski definition) is 5. The zero-order valence-electron chi connectivity index (χ0n) is 10.7. The van der Waals surface area contributed by atoms with Gasteiger partial charge in [-0.2, -0.15) is 0 Å². The number of hydrogen-bond donors (Lipinski definition) is 1. The number of aromatic nitrogens is 1. The van der Waals surface area contributed by atoms with Gasteiger partial charge in [-0.25, -0.2) is 14.8 Å². The molecular weight excluding hydrogens is 230 g/mol. The number of nitrogens with zero attached hydrogens (tertiary/aromatic N) is 2. The number of pyridine rings is 1. The number of esters is 1. The molecule has 1 N–H and O–H groups in total. The van der Waals surface area contributed by atoms with Crippen molar-refractivity contribution in [1.29, 1.82) is 0 Å². The van der Waals surface area contributed by atoms with Crippen molar-refractivity contribution in [3.63, 3.8) is 0 Å². The molecule has 1 aliphatic rings. The minimum Gasteiger partial charge on any atom is -0.462 e. The van der Waals surface area contributed by atoms with Gasteiger partial charge >= 0.3 is 5.97 Å². The molecule has 98 valence electrons. The van der Waals surface area contributed by atoms with Crippen LogP contribution in [0.15, 0.2) is 18.3 Å². The molecule has 5 nitrogen and oxygen atoms in total. The highest BCUT2D eigenvalue weighted by atomic mass is 16.5. The van der Waals surface area contributed by atoms with Crippen LogP contribution in [0.25, 0.3) is 0 Å². The topological polar surface area (TPSA) is 54.5 Å². The van der Waals surface area contributed by atoms with Crippen molar-refractivity contribution in [3.8, 4) is 0 Å². The van der Waals surface area contributed by atoms with E-state index in [2.05, 4.69) is 15.4 Å². The average Bonchev–Trinajstić information content (AvgIpc) is 2.41. The van der Waals surface area contributed by atoms with E-state index in [9.17, 15) is 4.79 Å². The maximum Gasteiger partial charge on any atom is 0.339 e. The summed E-state index contributed by atoms with van der Waals surface area (Å²) in [7, 11) is 0. The maximum atomic E-state index is 11.5. The standard InChI is InChI=1S/C13H19N3O2/c1-2-18-13(17)11-6-7-12(14-10-11)15-16-8-4-3-5-9-16/h6-7,10H,2-5,8-9H2,1H3,(H,14,15). The molecule has 0 unspecified atom stereocenters. The second-order valence-corrected chi connectivity index (χ2v) is 4.31. The van der Waals surface area contributed by atoms with Crippen LogP contribution in [-0.4, -0.2) is 35.7 Å². The molecule has 0 radical (unpaired) electrons. The van der Waals surface area contributed by atoms with Crippen LogP contribution in [0.3, 0.4) is 0 Å². The Morgan fingerprint density at radius 1 is 1.39 bits per heavy atom. The second kappa shape index (κ2) is 6.35. The third kappa shape index (κ3) is 3.43. The van der Waals surface area contributed by atoms with Gasteiger partial charge in [-0.05, 0) is 31.9 Å². The number of hydrazine groups is 1. The Morgan fingerprint density at radius 3 is 2.78 bits per heavy atom. The van der Waals surface area contributed by atoms with E-state index in [1.54, 1.807) is 25.3 Å². The fourth-order valence-electron chi connectivity index (χ4n) is 1.96. The summed E-state index contributed by atoms with van der Waals surface area (Å²) in [6.45, 7) is 4.26. The first-order valence-corrected chi connectivity index (χ1v) is 6.44. The molecule has 1 saturated heterocycles. The van der Waals surface area contributed by atoms with Crippen LogP contribution in [0.4, 0.5) is 5.82 Å². The van der Waals surface area contributed by atoms with Crippen molar-refractivity contribution >= 4 is 11.8 Å².